The van der Waals surface area contributed by atoms with Gasteiger partial charge in [-0.2, -0.15) is 0 Å². The molecule has 0 unspecified atom stereocenters. The number of para-hydroxylation sites is 1. The lowest BCUT2D eigenvalue weighted by atomic mass is 10.2. The van der Waals surface area contributed by atoms with Gasteiger partial charge in [-0.05, 0) is 48.9 Å². The third kappa shape index (κ3) is 5.57. The van der Waals surface area contributed by atoms with Crippen molar-refractivity contribution in [1.82, 2.24) is 9.36 Å². The van der Waals surface area contributed by atoms with Gasteiger partial charge in [0.2, 0.25) is 0 Å². The quantitative estimate of drug-likeness (QED) is 0.248. The molecule has 1 heterocycles. The number of hydrogen-bond acceptors (Lipinski definition) is 5. The van der Waals surface area contributed by atoms with Crippen molar-refractivity contribution in [3.05, 3.63) is 108 Å². The summed E-state index contributed by atoms with van der Waals surface area (Å²) in [6, 6.07) is 15.6. The van der Waals surface area contributed by atoms with Gasteiger partial charge in [0.1, 0.15) is 17.2 Å². The Balaban J connectivity index is 1.65. The lowest BCUT2D eigenvalue weighted by Crippen LogP contribution is -2.23. The number of ether oxygens (including phenoxy) is 1. The van der Waals surface area contributed by atoms with Crippen molar-refractivity contribution in [2.45, 2.75) is 18.4 Å². The maximum Gasteiger partial charge on any atom is 0.340 e. The number of halogens is 4. The third-order valence-electron chi connectivity index (χ3n) is 5.68. The topological polar surface area (TPSA) is 99.4 Å². The molecule has 0 atom stereocenters. The van der Waals surface area contributed by atoms with E-state index in [1.165, 1.54) is 15.4 Å². The second kappa shape index (κ2) is 11.0. The van der Waals surface area contributed by atoms with Crippen molar-refractivity contribution in [1.29, 1.82) is 0 Å². The number of hydrogen-bond donors (Lipinski definition) is 1. The van der Waals surface area contributed by atoms with Crippen LogP contribution in [0.15, 0.2) is 70.4 Å². The minimum Gasteiger partial charge on any atom is -0.457 e. The maximum atomic E-state index is 13.3. The first-order valence-corrected chi connectivity index (χ1v) is 13.9. The van der Waals surface area contributed by atoms with Crippen LogP contribution in [0.25, 0.3) is 5.69 Å². The van der Waals surface area contributed by atoms with Crippen LogP contribution in [0.4, 0.5) is 5.69 Å². The van der Waals surface area contributed by atoms with Gasteiger partial charge >= 0.3 is 5.97 Å². The molecule has 0 amide bonds. The molecule has 3 aromatic carbocycles. The molecule has 38 heavy (non-hydrogen) atoms. The van der Waals surface area contributed by atoms with Gasteiger partial charge in [0.25, 0.3) is 15.6 Å². The fraction of sp³-hybridized carbons (Fsp3) is 0.120. The van der Waals surface area contributed by atoms with Crippen molar-refractivity contribution in [2.24, 2.45) is 7.05 Å². The van der Waals surface area contributed by atoms with Crippen LogP contribution >= 0.6 is 46.4 Å². The fourth-order valence-corrected chi connectivity index (χ4v) is 5.91. The van der Waals surface area contributed by atoms with Crippen LogP contribution < -0.4 is 10.3 Å². The van der Waals surface area contributed by atoms with Gasteiger partial charge in [-0.15, -0.1) is 0 Å². The van der Waals surface area contributed by atoms with Gasteiger partial charge in [0.15, 0.2) is 0 Å². The molecule has 0 saturated heterocycles. The van der Waals surface area contributed by atoms with Crippen molar-refractivity contribution < 1.29 is 17.9 Å². The zero-order chi connectivity index (χ0) is 27.8. The van der Waals surface area contributed by atoms with Gasteiger partial charge in [-0.1, -0.05) is 70.7 Å². The summed E-state index contributed by atoms with van der Waals surface area (Å²) in [6.45, 7) is 1.42. The molecule has 1 aromatic heterocycles. The van der Waals surface area contributed by atoms with Crippen molar-refractivity contribution >= 4 is 68.1 Å². The van der Waals surface area contributed by atoms with Crippen LogP contribution in [0.1, 0.15) is 21.6 Å². The lowest BCUT2D eigenvalue weighted by molar-refractivity contribution is 0.0472. The summed E-state index contributed by atoms with van der Waals surface area (Å²) in [5.74, 6) is -0.892. The van der Waals surface area contributed by atoms with Crippen LogP contribution in [0.5, 0.6) is 0 Å². The van der Waals surface area contributed by atoms with Crippen molar-refractivity contribution in [2.75, 3.05) is 4.72 Å². The lowest BCUT2D eigenvalue weighted by Gasteiger charge is -2.12. The highest BCUT2D eigenvalue weighted by molar-refractivity contribution is 7.92. The summed E-state index contributed by atoms with van der Waals surface area (Å²) in [7, 11) is -2.81. The average molecular weight is 615 g/mol. The Hall–Kier alpha value is -2.95. The Labute approximate surface area is 238 Å². The van der Waals surface area contributed by atoms with E-state index in [2.05, 4.69) is 4.72 Å². The summed E-state index contributed by atoms with van der Waals surface area (Å²) >= 11 is 24.3. The van der Waals surface area contributed by atoms with E-state index >= 15 is 0 Å². The number of nitrogens with one attached hydrogen (secondary N) is 1. The van der Waals surface area contributed by atoms with Crippen LogP contribution in [-0.4, -0.2) is 23.8 Å². The molecule has 0 bridgehead atoms. The second-order valence-electron chi connectivity index (χ2n) is 8.13. The first-order chi connectivity index (χ1) is 17.9. The number of esters is 1. The third-order valence-corrected chi connectivity index (χ3v) is 8.54. The fourth-order valence-electron chi connectivity index (χ4n) is 3.62. The van der Waals surface area contributed by atoms with Crippen LogP contribution in [0.2, 0.25) is 20.1 Å². The zero-order valence-electron chi connectivity index (χ0n) is 19.8. The molecule has 0 spiro atoms. The molecule has 0 aliphatic heterocycles. The largest absolute Gasteiger partial charge is 0.457 e. The van der Waals surface area contributed by atoms with Crippen LogP contribution in [-0.2, 0) is 28.4 Å². The van der Waals surface area contributed by atoms with Gasteiger partial charge in [0.05, 0.1) is 37.0 Å². The van der Waals surface area contributed by atoms with E-state index < -0.39 is 26.4 Å². The second-order valence-corrected chi connectivity index (χ2v) is 11.4. The number of sulfonamides is 1. The normalized spacial score (nSPS) is 11.4. The Morgan fingerprint density at radius 3 is 2.26 bits per heavy atom. The Morgan fingerprint density at radius 1 is 0.921 bits per heavy atom. The predicted octanol–water partition coefficient (Wildman–Crippen LogP) is 6.26. The molecule has 13 heteroatoms. The minimum absolute atomic E-state index is 0.115. The SMILES string of the molecule is Cc1c(NS(=O)(=O)c2cc(C(=O)OCc3ccc(Cl)c(Cl)c3)c(Cl)cc2Cl)c(=O)n(-c2ccccc2)n1C. The van der Waals surface area contributed by atoms with E-state index in [1.807, 2.05) is 0 Å². The highest BCUT2D eigenvalue weighted by Crippen LogP contribution is 2.31. The van der Waals surface area contributed by atoms with Crippen molar-refractivity contribution in [3.63, 3.8) is 0 Å². The Bertz CT molecular complexity index is 1720. The molecule has 4 rings (SSSR count). The van der Waals surface area contributed by atoms with Gasteiger partial charge in [-0.3, -0.25) is 14.2 Å². The molecular weight excluding hydrogens is 596 g/mol. The smallest absolute Gasteiger partial charge is 0.340 e. The molecule has 0 aliphatic rings. The van der Waals surface area contributed by atoms with E-state index in [9.17, 15) is 18.0 Å². The van der Waals surface area contributed by atoms with Crippen LogP contribution in [0, 0.1) is 6.92 Å². The van der Waals surface area contributed by atoms with Crippen LogP contribution in [0.3, 0.4) is 0 Å². The summed E-state index contributed by atoms with van der Waals surface area (Å²) in [6.07, 6.45) is 0. The number of benzene rings is 3. The average Bonchev–Trinajstić information content (AvgIpc) is 3.07. The Morgan fingerprint density at radius 2 is 1.61 bits per heavy atom. The molecule has 0 aliphatic carbocycles. The number of carbonyl (C=O) groups excluding carboxylic acids is 1. The molecule has 0 saturated carbocycles. The summed E-state index contributed by atoms with van der Waals surface area (Å²) in [4.78, 5) is 25.5. The predicted molar refractivity (Wildman–Crippen MR) is 149 cm³/mol. The maximum absolute atomic E-state index is 13.3. The monoisotopic (exact) mass is 613 g/mol. The number of anilines is 1. The van der Waals surface area contributed by atoms with E-state index in [-0.39, 0.29) is 32.9 Å². The van der Waals surface area contributed by atoms with E-state index in [0.29, 0.717) is 22.0 Å². The highest BCUT2D eigenvalue weighted by atomic mass is 35.5. The zero-order valence-corrected chi connectivity index (χ0v) is 23.7. The molecule has 198 valence electrons. The standard InChI is InChI=1S/C25H19Cl4N3O5S/c1-14-23(24(33)32(31(14)2)16-6-4-3-5-7-16)30-38(35,36)22-11-17(19(27)12-21(22)29)25(34)37-13-15-8-9-18(26)20(28)10-15/h3-12,30H,13H2,1-2H3. The number of carbonyl (C=O) groups is 1. The molecule has 0 fully saturated rings. The molecule has 0 radical (unpaired) electrons. The highest BCUT2D eigenvalue weighted by Gasteiger charge is 2.27. The molecular formula is C25H19Cl4N3O5S. The summed E-state index contributed by atoms with van der Waals surface area (Å²) in [5.41, 5.74) is 0.459. The number of nitrogens with zero attached hydrogens (tertiary/aromatic N) is 2. The van der Waals surface area contributed by atoms with Gasteiger partial charge < -0.3 is 4.74 Å². The van der Waals surface area contributed by atoms with E-state index in [0.717, 1.165) is 12.1 Å². The van der Waals surface area contributed by atoms with Gasteiger partial charge in [-0.25, -0.2) is 17.9 Å². The number of rotatable bonds is 7. The summed E-state index contributed by atoms with van der Waals surface area (Å²) < 4.78 is 37.1. The molecule has 1 N–H and O–H groups in total. The van der Waals surface area contributed by atoms with Crippen molar-refractivity contribution in [3.8, 4) is 5.69 Å². The van der Waals surface area contributed by atoms with E-state index in [4.69, 9.17) is 51.1 Å². The van der Waals surface area contributed by atoms with Gasteiger partial charge in [0, 0.05) is 7.05 Å². The van der Waals surface area contributed by atoms with E-state index in [1.54, 1.807) is 56.4 Å². The minimum atomic E-state index is -4.43. The molecule has 4 aromatic rings. The number of aromatic nitrogens is 2. The first-order valence-electron chi connectivity index (χ1n) is 10.9. The Kier molecular flexibility index (Phi) is 8.15. The molecule has 8 nitrogen and oxygen atoms in total. The summed E-state index contributed by atoms with van der Waals surface area (Å²) in [5, 5.41) is 0.261. The first kappa shape index (κ1) is 28.1.